The van der Waals surface area contributed by atoms with Crippen molar-refractivity contribution in [3.63, 3.8) is 0 Å². The number of carbonyl (C=O) groups is 1. The Bertz CT molecular complexity index is 1120. The third kappa shape index (κ3) is 3.37. The van der Waals surface area contributed by atoms with Crippen LogP contribution in [0.15, 0.2) is 27.9 Å². The standard InChI is InChI=1S/C22H27N5O4/c1-25-8-2-3-16(19(25)29)20(30)26-9-6-22(7-10-26)5-4-15-17(22)23-21(24-18(15)28)27-11-13-31-14-12-27/h2-3,8H,4-7,9-14H2,1H3,(H,23,24,28). The van der Waals surface area contributed by atoms with Crippen molar-refractivity contribution in [1.82, 2.24) is 19.4 Å². The van der Waals surface area contributed by atoms with E-state index in [1.165, 1.54) is 4.57 Å². The first-order valence-corrected chi connectivity index (χ1v) is 10.9. The monoisotopic (exact) mass is 425 g/mol. The van der Waals surface area contributed by atoms with Crippen molar-refractivity contribution in [2.24, 2.45) is 7.05 Å². The molecular weight excluding hydrogens is 398 g/mol. The number of carbonyl (C=O) groups excluding carboxylic acids is 1. The molecule has 2 saturated heterocycles. The van der Waals surface area contributed by atoms with E-state index >= 15 is 0 Å². The van der Waals surface area contributed by atoms with Gasteiger partial charge in [-0.15, -0.1) is 0 Å². The maximum atomic E-state index is 13.0. The van der Waals surface area contributed by atoms with Crippen LogP contribution in [0.2, 0.25) is 0 Å². The van der Waals surface area contributed by atoms with Crippen LogP contribution in [-0.4, -0.2) is 64.7 Å². The summed E-state index contributed by atoms with van der Waals surface area (Å²) in [5.74, 6) is 0.404. The van der Waals surface area contributed by atoms with Gasteiger partial charge in [0.1, 0.15) is 5.56 Å². The van der Waals surface area contributed by atoms with Crippen LogP contribution in [0.25, 0.3) is 0 Å². The molecule has 9 nitrogen and oxygen atoms in total. The Morgan fingerprint density at radius 3 is 2.61 bits per heavy atom. The third-order valence-electron chi connectivity index (χ3n) is 7.03. The third-order valence-corrected chi connectivity index (χ3v) is 7.03. The van der Waals surface area contributed by atoms with Crippen molar-refractivity contribution in [2.75, 3.05) is 44.3 Å². The van der Waals surface area contributed by atoms with Crippen LogP contribution >= 0.6 is 0 Å². The summed E-state index contributed by atoms with van der Waals surface area (Å²) in [4.78, 5) is 49.8. The number of anilines is 1. The number of pyridine rings is 1. The Morgan fingerprint density at radius 1 is 1.13 bits per heavy atom. The van der Waals surface area contributed by atoms with Crippen molar-refractivity contribution in [3.8, 4) is 0 Å². The topological polar surface area (TPSA) is 101 Å². The van der Waals surface area contributed by atoms with Crippen LogP contribution in [0.1, 0.15) is 40.9 Å². The molecule has 164 valence electrons. The molecule has 3 aliphatic rings. The molecule has 2 aromatic heterocycles. The lowest BCUT2D eigenvalue weighted by molar-refractivity contribution is 0.0661. The minimum absolute atomic E-state index is 0.0466. The molecule has 4 heterocycles. The molecule has 0 bridgehead atoms. The van der Waals surface area contributed by atoms with Gasteiger partial charge in [-0.1, -0.05) is 0 Å². The van der Waals surface area contributed by atoms with Gasteiger partial charge in [0.25, 0.3) is 17.0 Å². The summed E-state index contributed by atoms with van der Waals surface area (Å²) in [6.07, 6.45) is 4.74. The highest BCUT2D eigenvalue weighted by Gasteiger charge is 2.45. The van der Waals surface area contributed by atoms with Crippen molar-refractivity contribution in [2.45, 2.75) is 31.1 Å². The summed E-state index contributed by atoms with van der Waals surface area (Å²) in [5, 5.41) is 0. The first-order valence-electron chi connectivity index (χ1n) is 10.9. The quantitative estimate of drug-likeness (QED) is 0.749. The van der Waals surface area contributed by atoms with Gasteiger partial charge in [0.15, 0.2) is 0 Å². The Kier molecular flexibility index (Phi) is 4.92. The van der Waals surface area contributed by atoms with E-state index < -0.39 is 0 Å². The average molecular weight is 425 g/mol. The van der Waals surface area contributed by atoms with Gasteiger partial charge in [-0.2, -0.15) is 0 Å². The minimum Gasteiger partial charge on any atom is -0.378 e. The smallest absolute Gasteiger partial charge is 0.263 e. The molecule has 2 aromatic rings. The summed E-state index contributed by atoms with van der Waals surface area (Å²) in [6, 6.07) is 3.31. The first kappa shape index (κ1) is 20.0. The number of aromatic nitrogens is 3. The van der Waals surface area contributed by atoms with Gasteiger partial charge in [0.2, 0.25) is 5.95 Å². The zero-order chi connectivity index (χ0) is 21.6. The number of piperidine rings is 1. The molecule has 0 saturated carbocycles. The summed E-state index contributed by atoms with van der Waals surface area (Å²) in [6.45, 7) is 3.78. The van der Waals surface area contributed by atoms with Crippen LogP contribution < -0.4 is 16.0 Å². The molecule has 0 atom stereocenters. The number of rotatable bonds is 2. The van der Waals surface area contributed by atoms with E-state index in [-0.39, 0.29) is 28.0 Å². The van der Waals surface area contributed by atoms with Crippen LogP contribution in [0.4, 0.5) is 5.95 Å². The van der Waals surface area contributed by atoms with E-state index in [0.29, 0.717) is 51.8 Å². The van der Waals surface area contributed by atoms with Gasteiger partial charge < -0.3 is 19.1 Å². The van der Waals surface area contributed by atoms with Crippen LogP contribution in [0, 0.1) is 0 Å². The number of H-pyrrole nitrogens is 1. The lowest BCUT2D eigenvalue weighted by Crippen LogP contribution is -2.46. The Balaban J connectivity index is 1.39. The van der Waals surface area contributed by atoms with Crippen LogP contribution in [0.3, 0.4) is 0 Å². The van der Waals surface area contributed by atoms with E-state index in [0.717, 1.165) is 30.5 Å². The summed E-state index contributed by atoms with van der Waals surface area (Å²) < 4.78 is 6.84. The largest absolute Gasteiger partial charge is 0.378 e. The highest BCUT2D eigenvalue weighted by atomic mass is 16.5. The summed E-state index contributed by atoms with van der Waals surface area (Å²) in [5.41, 5.74) is 1.39. The van der Waals surface area contributed by atoms with E-state index in [1.54, 1.807) is 30.3 Å². The molecule has 1 N–H and O–H groups in total. The molecular formula is C22H27N5O4. The van der Waals surface area contributed by atoms with Crippen LogP contribution in [-0.2, 0) is 23.6 Å². The predicted octanol–water partition coefficient (Wildman–Crippen LogP) is 0.425. The molecule has 2 fully saturated rings. The molecule has 0 aromatic carbocycles. The predicted molar refractivity (Wildman–Crippen MR) is 115 cm³/mol. The Labute approximate surface area is 179 Å². The van der Waals surface area contributed by atoms with Gasteiger partial charge in [-0.3, -0.25) is 19.4 Å². The molecule has 1 aliphatic carbocycles. The molecule has 1 amide bonds. The number of likely N-dealkylation sites (tertiary alicyclic amines) is 1. The van der Waals surface area contributed by atoms with E-state index in [9.17, 15) is 14.4 Å². The molecule has 0 radical (unpaired) electrons. The number of fused-ring (bicyclic) bond motifs is 2. The maximum Gasteiger partial charge on any atom is 0.263 e. The number of nitrogens with zero attached hydrogens (tertiary/aromatic N) is 4. The lowest BCUT2D eigenvalue weighted by Gasteiger charge is -2.39. The molecule has 5 rings (SSSR count). The average Bonchev–Trinajstić information content (AvgIpc) is 3.15. The summed E-state index contributed by atoms with van der Waals surface area (Å²) in [7, 11) is 1.65. The number of aromatic amines is 1. The Morgan fingerprint density at radius 2 is 1.87 bits per heavy atom. The fourth-order valence-corrected chi connectivity index (χ4v) is 5.12. The van der Waals surface area contributed by atoms with Crippen molar-refractivity contribution >= 4 is 11.9 Å². The highest BCUT2D eigenvalue weighted by molar-refractivity contribution is 5.93. The second kappa shape index (κ2) is 7.64. The molecule has 2 aliphatic heterocycles. The Hall–Kier alpha value is -2.94. The van der Waals surface area contributed by atoms with Gasteiger partial charge in [-0.25, -0.2) is 4.98 Å². The number of morpholine rings is 1. The number of hydrogen-bond acceptors (Lipinski definition) is 6. The van der Waals surface area contributed by atoms with Crippen molar-refractivity contribution < 1.29 is 9.53 Å². The molecule has 31 heavy (non-hydrogen) atoms. The number of aryl methyl sites for hydroxylation is 1. The zero-order valence-corrected chi connectivity index (χ0v) is 17.7. The van der Waals surface area contributed by atoms with Crippen molar-refractivity contribution in [1.29, 1.82) is 0 Å². The van der Waals surface area contributed by atoms with Crippen molar-refractivity contribution in [3.05, 3.63) is 55.9 Å². The van der Waals surface area contributed by atoms with Gasteiger partial charge in [0.05, 0.1) is 18.9 Å². The SMILES string of the molecule is Cn1cccc(C(=O)N2CCC3(CCc4c3nc(N3CCOCC3)[nH]c4=O)CC2)c1=O. The zero-order valence-electron chi connectivity index (χ0n) is 17.7. The number of nitrogens with one attached hydrogen (secondary N) is 1. The minimum atomic E-state index is -0.276. The highest BCUT2D eigenvalue weighted by Crippen LogP contribution is 2.44. The second-order valence-corrected chi connectivity index (χ2v) is 8.73. The van der Waals surface area contributed by atoms with E-state index in [4.69, 9.17) is 9.72 Å². The molecule has 0 unspecified atom stereocenters. The first-order chi connectivity index (χ1) is 15.0. The van der Waals surface area contributed by atoms with E-state index in [1.807, 2.05) is 0 Å². The number of amides is 1. The van der Waals surface area contributed by atoms with Gasteiger partial charge in [0, 0.05) is 50.4 Å². The van der Waals surface area contributed by atoms with Gasteiger partial charge >= 0.3 is 0 Å². The fraction of sp³-hybridized carbons (Fsp3) is 0.545. The lowest BCUT2D eigenvalue weighted by atomic mass is 9.76. The molecule has 1 spiro atoms. The van der Waals surface area contributed by atoms with E-state index in [2.05, 4.69) is 9.88 Å². The normalized spacial score (nSPS) is 20.2. The fourth-order valence-electron chi connectivity index (χ4n) is 5.12. The number of ether oxygens (including phenoxy) is 1. The number of hydrogen-bond donors (Lipinski definition) is 1. The van der Waals surface area contributed by atoms with Gasteiger partial charge in [-0.05, 0) is 37.8 Å². The summed E-state index contributed by atoms with van der Waals surface area (Å²) >= 11 is 0. The van der Waals surface area contributed by atoms with Crippen LogP contribution in [0.5, 0.6) is 0 Å². The second-order valence-electron chi connectivity index (χ2n) is 8.73. The maximum absolute atomic E-state index is 13.0. The molecule has 9 heteroatoms.